The third-order valence-corrected chi connectivity index (χ3v) is 2.33. The fourth-order valence-electron chi connectivity index (χ4n) is 1.67. The summed E-state index contributed by atoms with van der Waals surface area (Å²) < 4.78 is 0. The monoisotopic (exact) mass is 219 g/mol. The number of hydrogen-bond donors (Lipinski definition) is 2. The van der Waals surface area contributed by atoms with Crippen LogP contribution in [-0.2, 0) is 4.79 Å². The number of urea groups is 1. The lowest BCUT2D eigenvalue weighted by Crippen LogP contribution is -2.27. The number of hydrogen-bond acceptors (Lipinski definition) is 2. The summed E-state index contributed by atoms with van der Waals surface area (Å²) in [5.74, 6) is -0.122. The maximum absolute atomic E-state index is 11.4. The summed E-state index contributed by atoms with van der Waals surface area (Å²) in [4.78, 5) is 24.0. The molecule has 0 aliphatic carbocycles. The van der Waals surface area contributed by atoms with Crippen molar-refractivity contribution >= 4 is 23.3 Å². The van der Waals surface area contributed by atoms with Gasteiger partial charge in [0.2, 0.25) is 5.91 Å². The zero-order chi connectivity index (χ0) is 11.5. The highest BCUT2D eigenvalue weighted by atomic mass is 16.2. The number of amides is 3. The van der Waals surface area contributed by atoms with E-state index in [-0.39, 0.29) is 11.9 Å². The van der Waals surface area contributed by atoms with Gasteiger partial charge in [-0.3, -0.25) is 9.69 Å². The maximum atomic E-state index is 11.4. The molecule has 0 spiro atoms. The SMILES string of the molecule is CC(=O)Nc1cccc(N2CCNC2=O)c1. The molecule has 16 heavy (non-hydrogen) atoms. The van der Waals surface area contributed by atoms with Gasteiger partial charge in [-0.25, -0.2) is 4.79 Å². The Kier molecular flexibility index (Phi) is 2.76. The van der Waals surface area contributed by atoms with E-state index in [1.54, 1.807) is 17.0 Å². The molecule has 3 amide bonds. The third kappa shape index (κ3) is 2.13. The molecule has 5 nitrogen and oxygen atoms in total. The summed E-state index contributed by atoms with van der Waals surface area (Å²) >= 11 is 0. The van der Waals surface area contributed by atoms with Gasteiger partial charge in [-0.1, -0.05) is 6.07 Å². The van der Waals surface area contributed by atoms with Gasteiger partial charge in [0.25, 0.3) is 0 Å². The van der Waals surface area contributed by atoms with Crippen molar-refractivity contribution in [3.8, 4) is 0 Å². The molecule has 0 aromatic heterocycles. The molecule has 0 atom stereocenters. The molecule has 5 heteroatoms. The normalized spacial score (nSPS) is 14.8. The van der Waals surface area contributed by atoms with Crippen LogP contribution in [0.5, 0.6) is 0 Å². The van der Waals surface area contributed by atoms with E-state index in [0.717, 1.165) is 5.69 Å². The van der Waals surface area contributed by atoms with Crippen LogP contribution < -0.4 is 15.5 Å². The molecule has 1 heterocycles. The van der Waals surface area contributed by atoms with Crippen LogP contribution in [0.1, 0.15) is 6.92 Å². The molecular formula is C11H13N3O2. The van der Waals surface area contributed by atoms with E-state index >= 15 is 0 Å². The number of nitrogens with zero attached hydrogens (tertiary/aromatic N) is 1. The Morgan fingerprint density at radius 1 is 1.50 bits per heavy atom. The zero-order valence-electron chi connectivity index (χ0n) is 8.99. The Labute approximate surface area is 93.4 Å². The van der Waals surface area contributed by atoms with Gasteiger partial charge in [0.1, 0.15) is 0 Å². The second-order valence-electron chi connectivity index (χ2n) is 3.62. The van der Waals surface area contributed by atoms with E-state index in [4.69, 9.17) is 0 Å². The lowest BCUT2D eigenvalue weighted by atomic mass is 10.2. The first-order chi connectivity index (χ1) is 7.66. The molecule has 0 radical (unpaired) electrons. The molecule has 1 aliphatic heterocycles. The fourth-order valence-corrected chi connectivity index (χ4v) is 1.67. The number of carbonyl (C=O) groups is 2. The summed E-state index contributed by atoms with van der Waals surface area (Å²) in [7, 11) is 0. The largest absolute Gasteiger partial charge is 0.336 e. The van der Waals surface area contributed by atoms with Gasteiger partial charge in [-0.05, 0) is 18.2 Å². The molecule has 84 valence electrons. The lowest BCUT2D eigenvalue weighted by Gasteiger charge is -2.15. The standard InChI is InChI=1S/C11H13N3O2/c1-8(15)13-9-3-2-4-10(7-9)14-6-5-12-11(14)16/h2-4,7H,5-6H2,1H3,(H,12,16)(H,13,15). The van der Waals surface area contributed by atoms with Gasteiger partial charge in [0, 0.05) is 31.4 Å². The van der Waals surface area contributed by atoms with Crippen molar-refractivity contribution < 1.29 is 9.59 Å². The predicted molar refractivity (Wildman–Crippen MR) is 61.5 cm³/mol. The Hall–Kier alpha value is -2.04. The molecule has 0 unspecified atom stereocenters. The van der Waals surface area contributed by atoms with Crippen molar-refractivity contribution in [3.05, 3.63) is 24.3 Å². The van der Waals surface area contributed by atoms with Gasteiger partial charge in [-0.15, -0.1) is 0 Å². The number of benzene rings is 1. The molecular weight excluding hydrogens is 206 g/mol. The molecule has 2 rings (SSSR count). The van der Waals surface area contributed by atoms with Crippen molar-refractivity contribution in [1.82, 2.24) is 5.32 Å². The first-order valence-electron chi connectivity index (χ1n) is 5.10. The molecule has 1 fully saturated rings. The van der Waals surface area contributed by atoms with Gasteiger partial charge < -0.3 is 10.6 Å². The molecule has 1 aromatic carbocycles. The first-order valence-corrected chi connectivity index (χ1v) is 5.10. The highest BCUT2D eigenvalue weighted by molar-refractivity contribution is 5.95. The van der Waals surface area contributed by atoms with Crippen LogP contribution in [0.2, 0.25) is 0 Å². The Morgan fingerprint density at radius 3 is 2.94 bits per heavy atom. The second kappa shape index (κ2) is 4.22. The quantitative estimate of drug-likeness (QED) is 0.784. The molecule has 0 saturated carbocycles. The predicted octanol–water partition coefficient (Wildman–Crippen LogP) is 1.17. The Bertz CT molecular complexity index is 431. The Morgan fingerprint density at radius 2 is 2.31 bits per heavy atom. The summed E-state index contributed by atoms with van der Waals surface area (Å²) in [5.41, 5.74) is 1.49. The number of anilines is 2. The van der Waals surface area contributed by atoms with E-state index in [1.165, 1.54) is 6.92 Å². The van der Waals surface area contributed by atoms with Gasteiger partial charge in [0.15, 0.2) is 0 Å². The molecule has 2 N–H and O–H groups in total. The maximum Gasteiger partial charge on any atom is 0.321 e. The van der Waals surface area contributed by atoms with Gasteiger partial charge in [-0.2, -0.15) is 0 Å². The minimum absolute atomic E-state index is 0.0972. The van der Waals surface area contributed by atoms with Crippen LogP contribution in [0.4, 0.5) is 16.2 Å². The lowest BCUT2D eigenvalue weighted by molar-refractivity contribution is -0.114. The van der Waals surface area contributed by atoms with Crippen molar-refractivity contribution in [2.24, 2.45) is 0 Å². The molecule has 1 aromatic rings. The average molecular weight is 219 g/mol. The summed E-state index contributed by atoms with van der Waals surface area (Å²) in [6.07, 6.45) is 0. The van der Waals surface area contributed by atoms with Crippen molar-refractivity contribution in [3.63, 3.8) is 0 Å². The Balaban J connectivity index is 2.21. The highest BCUT2D eigenvalue weighted by Gasteiger charge is 2.20. The minimum atomic E-state index is -0.122. The highest BCUT2D eigenvalue weighted by Crippen LogP contribution is 2.20. The fraction of sp³-hybridized carbons (Fsp3) is 0.273. The van der Waals surface area contributed by atoms with Crippen LogP contribution in [-0.4, -0.2) is 25.0 Å². The van der Waals surface area contributed by atoms with Crippen LogP contribution in [0, 0.1) is 0 Å². The first kappa shape index (κ1) is 10.5. The third-order valence-electron chi connectivity index (χ3n) is 2.33. The number of nitrogens with one attached hydrogen (secondary N) is 2. The summed E-state index contributed by atoms with van der Waals surface area (Å²) in [6.45, 7) is 2.76. The summed E-state index contributed by atoms with van der Waals surface area (Å²) in [6, 6.07) is 7.13. The second-order valence-corrected chi connectivity index (χ2v) is 3.62. The van der Waals surface area contributed by atoms with E-state index in [9.17, 15) is 9.59 Å². The molecule has 1 saturated heterocycles. The average Bonchev–Trinajstić information content (AvgIpc) is 2.64. The van der Waals surface area contributed by atoms with E-state index < -0.39 is 0 Å². The van der Waals surface area contributed by atoms with E-state index in [0.29, 0.717) is 18.8 Å². The van der Waals surface area contributed by atoms with E-state index in [1.807, 2.05) is 12.1 Å². The minimum Gasteiger partial charge on any atom is -0.336 e. The smallest absolute Gasteiger partial charge is 0.321 e. The summed E-state index contributed by atoms with van der Waals surface area (Å²) in [5, 5.41) is 5.41. The molecule has 0 bridgehead atoms. The van der Waals surface area contributed by atoms with Crippen LogP contribution in [0.25, 0.3) is 0 Å². The van der Waals surface area contributed by atoms with Gasteiger partial charge in [0.05, 0.1) is 0 Å². The zero-order valence-corrected chi connectivity index (χ0v) is 8.99. The number of rotatable bonds is 2. The van der Waals surface area contributed by atoms with Crippen LogP contribution in [0.3, 0.4) is 0 Å². The van der Waals surface area contributed by atoms with Gasteiger partial charge >= 0.3 is 6.03 Å². The molecule has 1 aliphatic rings. The van der Waals surface area contributed by atoms with Crippen molar-refractivity contribution in [2.45, 2.75) is 6.92 Å². The van der Waals surface area contributed by atoms with E-state index in [2.05, 4.69) is 10.6 Å². The van der Waals surface area contributed by atoms with Crippen molar-refractivity contribution in [2.75, 3.05) is 23.3 Å². The van der Waals surface area contributed by atoms with Crippen LogP contribution in [0.15, 0.2) is 24.3 Å². The van der Waals surface area contributed by atoms with Crippen LogP contribution >= 0.6 is 0 Å². The van der Waals surface area contributed by atoms with Crippen molar-refractivity contribution in [1.29, 1.82) is 0 Å². The topological polar surface area (TPSA) is 61.4 Å². The number of carbonyl (C=O) groups excluding carboxylic acids is 2.